The maximum absolute atomic E-state index is 12.7. The van der Waals surface area contributed by atoms with E-state index in [1.807, 2.05) is 0 Å². The standard InChI is InChI=1S/C6H3ClFNO2/c7-4-2-9-1-3(5(4)8)6(10)11/h1-2H,(H,10,11). The van der Waals surface area contributed by atoms with Crippen LogP contribution in [0.3, 0.4) is 0 Å². The van der Waals surface area contributed by atoms with Gasteiger partial charge in [0.25, 0.3) is 0 Å². The molecule has 58 valence electrons. The fourth-order valence-corrected chi connectivity index (χ4v) is 0.726. The van der Waals surface area contributed by atoms with Crippen LogP contribution in [0.15, 0.2) is 12.4 Å². The number of aromatic nitrogens is 1. The molecule has 0 bridgehead atoms. The van der Waals surface area contributed by atoms with Gasteiger partial charge in [0.2, 0.25) is 0 Å². The molecule has 0 aliphatic rings. The molecule has 0 aromatic carbocycles. The summed E-state index contributed by atoms with van der Waals surface area (Å²) in [5, 5.41) is 8.06. The Morgan fingerprint density at radius 3 is 2.73 bits per heavy atom. The van der Waals surface area contributed by atoms with Crippen molar-refractivity contribution >= 4 is 17.6 Å². The van der Waals surface area contributed by atoms with Gasteiger partial charge in [-0.25, -0.2) is 9.18 Å². The zero-order chi connectivity index (χ0) is 8.43. The Bertz CT molecular complexity index is 303. The van der Waals surface area contributed by atoms with Crippen LogP contribution < -0.4 is 0 Å². The molecule has 0 saturated heterocycles. The number of carboxylic acids is 1. The molecule has 5 heteroatoms. The molecule has 0 amide bonds. The zero-order valence-corrected chi connectivity index (χ0v) is 5.97. The van der Waals surface area contributed by atoms with Crippen molar-refractivity contribution in [3.8, 4) is 0 Å². The summed E-state index contributed by atoms with van der Waals surface area (Å²) in [5.41, 5.74) is -0.516. The van der Waals surface area contributed by atoms with Gasteiger partial charge in [-0.1, -0.05) is 11.6 Å². The number of carbonyl (C=O) groups is 1. The minimum atomic E-state index is -1.38. The number of halogens is 2. The summed E-state index contributed by atoms with van der Waals surface area (Å²) in [6, 6.07) is 0. The third-order valence-electron chi connectivity index (χ3n) is 1.07. The number of rotatable bonds is 1. The van der Waals surface area contributed by atoms with Crippen LogP contribution >= 0.6 is 11.6 Å². The van der Waals surface area contributed by atoms with Crippen molar-refractivity contribution in [2.24, 2.45) is 0 Å². The number of aromatic carboxylic acids is 1. The predicted molar refractivity (Wildman–Crippen MR) is 36.2 cm³/mol. The van der Waals surface area contributed by atoms with E-state index < -0.39 is 17.3 Å². The molecule has 1 aromatic rings. The van der Waals surface area contributed by atoms with E-state index in [1.165, 1.54) is 0 Å². The average molecular weight is 176 g/mol. The van der Waals surface area contributed by atoms with Gasteiger partial charge in [0.05, 0.1) is 5.02 Å². The largest absolute Gasteiger partial charge is 0.478 e. The van der Waals surface area contributed by atoms with Crippen molar-refractivity contribution in [1.82, 2.24) is 4.98 Å². The highest BCUT2D eigenvalue weighted by molar-refractivity contribution is 6.30. The SMILES string of the molecule is O=C(O)c1cncc(Cl)c1F. The van der Waals surface area contributed by atoms with Crippen LogP contribution in [0.5, 0.6) is 0 Å². The van der Waals surface area contributed by atoms with Crippen molar-refractivity contribution < 1.29 is 14.3 Å². The van der Waals surface area contributed by atoms with Crippen molar-refractivity contribution in [2.45, 2.75) is 0 Å². The van der Waals surface area contributed by atoms with Gasteiger partial charge in [-0.3, -0.25) is 4.98 Å². The van der Waals surface area contributed by atoms with Crippen LogP contribution in [0.25, 0.3) is 0 Å². The first-order chi connectivity index (χ1) is 5.13. The molecule has 1 aromatic heterocycles. The molecule has 1 heterocycles. The molecule has 0 atom stereocenters. The van der Waals surface area contributed by atoms with Gasteiger partial charge in [-0.2, -0.15) is 0 Å². The molecular formula is C6H3ClFNO2. The van der Waals surface area contributed by atoms with E-state index in [0.29, 0.717) is 0 Å². The van der Waals surface area contributed by atoms with E-state index in [1.54, 1.807) is 0 Å². The number of hydrogen-bond acceptors (Lipinski definition) is 2. The maximum Gasteiger partial charge on any atom is 0.340 e. The van der Waals surface area contributed by atoms with Crippen LogP contribution in [0.2, 0.25) is 5.02 Å². The predicted octanol–water partition coefficient (Wildman–Crippen LogP) is 1.57. The molecule has 3 nitrogen and oxygen atoms in total. The molecule has 0 aliphatic heterocycles. The number of pyridine rings is 1. The third-order valence-corrected chi connectivity index (χ3v) is 1.33. The zero-order valence-electron chi connectivity index (χ0n) is 5.21. The molecule has 0 saturated carbocycles. The minimum Gasteiger partial charge on any atom is -0.478 e. The number of nitrogens with zero attached hydrogens (tertiary/aromatic N) is 1. The van der Waals surface area contributed by atoms with Gasteiger partial charge in [-0.15, -0.1) is 0 Å². The highest BCUT2D eigenvalue weighted by Crippen LogP contribution is 2.15. The summed E-state index contributed by atoms with van der Waals surface area (Å²) in [6.45, 7) is 0. The second kappa shape index (κ2) is 2.84. The minimum absolute atomic E-state index is 0.287. The second-order valence-corrected chi connectivity index (χ2v) is 2.20. The number of hydrogen-bond donors (Lipinski definition) is 1. The highest BCUT2D eigenvalue weighted by atomic mass is 35.5. The molecule has 0 unspecified atom stereocenters. The summed E-state index contributed by atoms with van der Waals surface area (Å²) >= 11 is 5.26. The Morgan fingerprint density at radius 1 is 1.64 bits per heavy atom. The van der Waals surface area contributed by atoms with Gasteiger partial charge in [0.15, 0.2) is 5.82 Å². The van der Waals surface area contributed by atoms with Gasteiger partial charge >= 0.3 is 5.97 Å². The van der Waals surface area contributed by atoms with E-state index in [9.17, 15) is 9.18 Å². The Balaban J connectivity index is 3.27. The first-order valence-electron chi connectivity index (χ1n) is 2.65. The first kappa shape index (κ1) is 7.94. The van der Waals surface area contributed by atoms with Crippen LogP contribution in [-0.2, 0) is 0 Å². The molecule has 1 rings (SSSR count). The van der Waals surface area contributed by atoms with Crippen molar-refractivity contribution in [3.05, 3.63) is 28.8 Å². The number of carboxylic acid groups (broad SMARTS) is 1. The fraction of sp³-hybridized carbons (Fsp3) is 0. The van der Waals surface area contributed by atoms with Crippen molar-refractivity contribution in [2.75, 3.05) is 0 Å². The molecule has 0 spiro atoms. The first-order valence-corrected chi connectivity index (χ1v) is 3.03. The van der Waals surface area contributed by atoms with Crippen molar-refractivity contribution in [1.29, 1.82) is 0 Å². The highest BCUT2D eigenvalue weighted by Gasteiger charge is 2.12. The Hall–Kier alpha value is -1.16. The average Bonchev–Trinajstić information content (AvgIpc) is 1.94. The van der Waals surface area contributed by atoms with Gasteiger partial charge < -0.3 is 5.11 Å². The van der Waals surface area contributed by atoms with Crippen LogP contribution in [0, 0.1) is 5.82 Å². The van der Waals surface area contributed by atoms with E-state index in [0.717, 1.165) is 12.4 Å². The summed E-state index contributed by atoms with van der Waals surface area (Å²) in [6.07, 6.45) is 1.95. The monoisotopic (exact) mass is 175 g/mol. The quantitative estimate of drug-likeness (QED) is 0.705. The molecule has 0 fully saturated rings. The maximum atomic E-state index is 12.7. The van der Waals surface area contributed by atoms with Crippen LogP contribution in [0.1, 0.15) is 10.4 Å². The van der Waals surface area contributed by atoms with Gasteiger partial charge in [0, 0.05) is 12.4 Å². The lowest BCUT2D eigenvalue weighted by Gasteiger charge is -1.96. The van der Waals surface area contributed by atoms with Crippen LogP contribution in [-0.4, -0.2) is 16.1 Å². The van der Waals surface area contributed by atoms with Gasteiger partial charge in [-0.05, 0) is 0 Å². The lowest BCUT2D eigenvalue weighted by molar-refractivity contribution is 0.0691. The second-order valence-electron chi connectivity index (χ2n) is 1.79. The third kappa shape index (κ3) is 1.46. The lowest BCUT2D eigenvalue weighted by atomic mass is 10.3. The normalized spacial score (nSPS) is 9.64. The summed E-state index contributed by atoms with van der Waals surface area (Å²) < 4.78 is 12.7. The van der Waals surface area contributed by atoms with Crippen molar-refractivity contribution in [3.63, 3.8) is 0 Å². The van der Waals surface area contributed by atoms with E-state index >= 15 is 0 Å². The van der Waals surface area contributed by atoms with E-state index in [-0.39, 0.29) is 5.02 Å². The molecule has 1 N–H and O–H groups in total. The van der Waals surface area contributed by atoms with E-state index in [4.69, 9.17) is 16.7 Å². The summed E-state index contributed by atoms with van der Waals surface area (Å²) in [4.78, 5) is 13.6. The summed E-state index contributed by atoms with van der Waals surface area (Å²) in [7, 11) is 0. The molecule has 0 aliphatic carbocycles. The fourth-order valence-electron chi connectivity index (χ4n) is 0.568. The Labute approximate surface area is 66.4 Å². The lowest BCUT2D eigenvalue weighted by Crippen LogP contribution is -2.01. The summed E-state index contributed by atoms with van der Waals surface area (Å²) in [5.74, 6) is -2.33. The molecular weight excluding hydrogens is 173 g/mol. The molecule has 11 heavy (non-hydrogen) atoms. The van der Waals surface area contributed by atoms with Gasteiger partial charge in [0.1, 0.15) is 5.56 Å². The Morgan fingerprint density at radius 2 is 2.27 bits per heavy atom. The van der Waals surface area contributed by atoms with E-state index in [2.05, 4.69) is 4.98 Å². The Kier molecular flexibility index (Phi) is 2.05. The topological polar surface area (TPSA) is 50.2 Å². The molecule has 0 radical (unpaired) electrons. The van der Waals surface area contributed by atoms with Crippen LogP contribution in [0.4, 0.5) is 4.39 Å². The smallest absolute Gasteiger partial charge is 0.340 e.